The second-order valence-electron chi connectivity index (χ2n) is 22.8. The summed E-state index contributed by atoms with van der Waals surface area (Å²) in [6.07, 6.45) is 4.43. The van der Waals surface area contributed by atoms with Crippen molar-refractivity contribution < 1.29 is 0 Å². The van der Waals surface area contributed by atoms with Crippen molar-refractivity contribution in [1.29, 1.82) is 0 Å². The molecule has 3 heterocycles. The van der Waals surface area contributed by atoms with Gasteiger partial charge in [0, 0.05) is 69.1 Å². The first kappa shape index (κ1) is 43.6. The Kier molecular flexibility index (Phi) is 8.97. The van der Waals surface area contributed by atoms with Crippen molar-refractivity contribution in [2.75, 3.05) is 0 Å². The van der Waals surface area contributed by atoms with Crippen molar-refractivity contribution in [3.05, 3.63) is 123 Å². The number of aromatic nitrogens is 3. The molecule has 6 atom stereocenters. The minimum atomic E-state index is 0.174. The lowest BCUT2D eigenvalue weighted by Crippen LogP contribution is -2.40. The number of hydrogen-bond donors (Lipinski definition) is 0. The van der Waals surface area contributed by atoms with Crippen LogP contribution >= 0.6 is 0 Å². The van der Waals surface area contributed by atoms with Gasteiger partial charge in [0.2, 0.25) is 0 Å². The Bertz CT molecular complexity index is 3970. The number of rotatable bonds is 0. The van der Waals surface area contributed by atoms with Crippen LogP contribution in [0.2, 0.25) is 0 Å². The van der Waals surface area contributed by atoms with E-state index in [2.05, 4.69) is 157 Å². The van der Waals surface area contributed by atoms with Gasteiger partial charge < -0.3 is 0 Å². The second kappa shape index (κ2) is 14.0. The van der Waals surface area contributed by atoms with E-state index in [9.17, 15) is 0 Å². The van der Waals surface area contributed by atoms with E-state index in [0.717, 1.165) is 16.9 Å². The van der Waals surface area contributed by atoms with Crippen LogP contribution in [0.1, 0.15) is 200 Å². The predicted molar refractivity (Wildman–Crippen MR) is 292 cm³/mol. The van der Waals surface area contributed by atoms with Gasteiger partial charge in [-0.2, -0.15) is 0 Å². The highest BCUT2D eigenvalue weighted by molar-refractivity contribution is 6.32. The summed E-state index contributed by atoms with van der Waals surface area (Å²) in [7, 11) is 0. The van der Waals surface area contributed by atoms with Gasteiger partial charge in [-0.3, -0.25) is 9.97 Å². The Balaban J connectivity index is 1.34. The second-order valence-corrected chi connectivity index (χ2v) is 22.8. The number of aryl methyl sites for hydroxylation is 4. The van der Waals surface area contributed by atoms with Crippen LogP contribution in [0.3, 0.4) is 0 Å². The van der Waals surface area contributed by atoms with Crippen molar-refractivity contribution >= 4 is 71.1 Å². The average Bonchev–Trinajstić information content (AvgIpc) is 3.32. The summed E-state index contributed by atoms with van der Waals surface area (Å²) in [6, 6.07) is 2.60. The molecular weight excluding hydrogens is 823 g/mol. The Hall–Kier alpha value is -5.67. The fourth-order valence-electron chi connectivity index (χ4n) is 15.1. The van der Waals surface area contributed by atoms with Crippen LogP contribution in [0.15, 0.2) is 40.8 Å². The smallest absolute Gasteiger partial charge is 0.0968 e. The summed E-state index contributed by atoms with van der Waals surface area (Å²) in [5, 5.41) is 13.6. The summed E-state index contributed by atoms with van der Waals surface area (Å²) in [5.41, 5.74) is 35.5. The normalized spacial score (nSPS) is 23.0. The summed E-state index contributed by atoms with van der Waals surface area (Å²) in [4.78, 5) is 17.3. The van der Waals surface area contributed by atoms with E-state index in [4.69, 9.17) is 15.0 Å². The first-order valence-electron chi connectivity index (χ1n) is 25.7. The van der Waals surface area contributed by atoms with Gasteiger partial charge in [-0.1, -0.05) is 80.6 Å². The molecular formula is C65H69N3. The van der Waals surface area contributed by atoms with Crippen molar-refractivity contribution in [2.24, 2.45) is 5.92 Å². The molecule has 0 radical (unpaired) electrons. The maximum absolute atomic E-state index is 6.19. The summed E-state index contributed by atoms with van der Waals surface area (Å²) >= 11 is 0. The zero-order valence-electron chi connectivity index (χ0n) is 44.5. The van der Waals surface area contributed by atoms with E-state index in [1.807, 2.05) is 0 Å². The van der Waals surface area contributed by atoms with Crippen LogP contribution in [0.4, 0.5) is 0 Å². The quantitative estimate of drug-likeness (QED) is 0.0865. The Labute approximate surface area is 404 Å². The third-order valence-electron chi connectivity index (χ3n) is 20.5. The number of fused-ring (bicyclic) bond motifs is 15. The Morgan fingerprint density at radius 1 is 0.353 bits per heavy atom. The first-order valence-corrected chi connectivity index (χ1v) is 25.7. The average molecular weight is 892 g/mol. The molecule has 6 unspecified atom stereocenters. The van der Waals surface area contributed by atoms with E-state index in [-0.39, 0.29) is 17.8 Å². The van der Waals surface area contributed by atoms with Crippen molar-refractivity contribution in [3.8, 4) is 22.6 Å². The highest BCUT2D eigenvalue weighted by Crippen LogP contribution is 2.56. The van der Waals surface area contributed by atoms with E-state index >= 15 is 0 Å². The molecule has 0 aliphatic heterocycles. The minimum absolute atomic E-state index is 0.174. The van der Waals surface area contributed by atoms with Crippen LogP contribution in [-0.2, 0) is 0 Å². The molecule has 3 heteroatoms. The number of allylic oxidation sites excluding steroid dienone is 6. The molecule has 0 amide bonds. The highest BCUT2D eigenvalue weighted by Gasteiger charge is 2.39. The third kappa shape index (κ3) is 4.89. The SMILES string of the molecule is CC1=C(C)C(C)C(C)=c2c1cnc1c2=C(C)C(C)c2c-1nc1c3c2C(C)=C(C)C(C)c3c(C)c2c(C)c3c(C)c(C)c(C)c4c5c(cc(c34)c21)-c1ncc2c(c1C(C)C=5C)C(C)C(C)=C(C)C2C. The molecule has 5 aliphatic carbocycles. The zero-order valence-corrected chi connectivity index (χ0v) is 44.5. The molecule has 0 spiro atoms. The predicted octanol–water partition coefficient (Wildman–Crippen LogP) is 15.7. The molecule has 0 fully saturated rings. The highest BCUT2D eigenvalue weighted by atomic mass is 14.8. The minimum Gasteiger partial charge on any atom is -0.256 e. The third-order valence-corrected chi connectivity index (χ3v) is 20.5. The number of hydrogen-bond acceptors (Lipinski definition) is 3. The molecule has 0 saturated heterocycles. The van der Waals surface area contributed by atoms with E-state index in [0.29, 0.717) is 17.8 Å². The number of pyridine rings is 3. The fourth-order valence-corrected chi connectivity index (χ4v) is 15.1. The molecule has 3 aromatic heterocycles. The van der Waals surface area contributed by atoms with Gasteiger partial charge >= 0.3 is 0 Å². The molecule has 0 saturated carbocycles. The fraction of sp³-hybridized carbons (Fsp3) is 0.400. The van der Waals surface area contributed by atoms with E-state index < -0.39 is 0 Å². The summed E-state index contributed by atoms with van der Waals surface area (Å²) in [5.74, 6) is 1.75. The monoisotopic (exact) mass is 892 g/mol. The number of benzene rings is 4. The molecule has 5 aliphatic rings. The van der Waals surface area contributed by atoms with Crippen molar-refractivity contribution in [1.82, 2.24) is 15.0 Å². The van der Waals surface area contributed by atoms with Gasteiger partial charge in [-0.25, -0.2) is 4.98 Å². The van der Waals surface area contributed by atoms with Gasteiger partial charge in [-0.15, -0.1) is 0 Å². The van der Waals surface area contributed by atoms with Crippen LogP contribution in [0.25, 0.3) is 93.7 Å². The molecule has 3 nitrogen and oxygen atoms in total. The largest absolute Gasteiger partial charge is 0.256 e. The molecule has 0 N–H and O–H groups in total. The molecule has 0 bridgehead atoms. The lowest BCUT2D eigenvalue weighted by molar-refractivity contribution is 0.719. The summed E-state index contributed by atoms with van der Waals surface area (Å²) < 4.78 is 0. The van der Waals surface area contributed by atoms with Crippen LogP contribution in [0.5, 0.6) is 0 Å². The maximum atomic E-state index is 6.19. The molecule has 68 heavy (non-hydrogen) atoms. The summed E-state index contributed by atoms with van der Waals surface area (Å²) in [6.45, 7) is 47.8. The standard InChI is InChI=1S/C65H69N3/c1-24-26(3)34(11)52-46(30(24)7)22-66-62-45-21-44-59-48(32(9)28(5)36(13)54(59)51(45)38(15)39(16)56(52)62)42(19)50-43(20)49-33(10)29(6)37(14)55-58-41(18)40(17)57-53-35(12)27(4)25(2)31(8)47(53)23-67-64(57)65(58)68-63(60(44)50)61(49)55/h21-23,27,30,33-34,39,41H,1-20H3. The van der Waals surface area contributed by atoms with E-state index in [1.165, 1.54) is 182 Å². The van der Waals surface area contributed by atoms with Crippen LogP contribution in [-0.4, -0.2) is 15.0 Å². The van der Waals surface area contributed by atoms with Gasteiger partial charge in [0.1, 0.15) is 0 Å². The molecule has 4 aromatic carbocycles. The van der Waals surface area contributed by atoms with Crippen molar-refractivity contribution in [2.45, 2.75) is 168 Å². The van der Waals surface area contributed by atoms with Crippen LogP contribution in [0, 0.1) is 40.5 Å². The van der Waals surface area contributed by atoms with Crippen LogP contribution < -0.4 is 15.7 Å². The lowest BCUT2D eigenvalue weighted by atomic mass is 9.68. The van der Waals surface area contributed by atoms with Crippen molar-refractivity contribution in [3.63, 3.8) is 0 Å². The maximum Gasteiger partial charge on any atom is 0.0968 e. The van der Waals surface area contributed by atoms with Gasteiger partial charge in [-0.05, 0) is 219 Å². The number of nitrogens with zero attached hydrogens (tertiary/aromatic N) is 3. The van der Waals surface area contributed by atoms with Gasteiger partial charge in [0.15, 0.2) is 0 Å². The van der Waals surface area contributed by atoms with Gasteiger partial charge in [0.25, 0.3) is 0 Å². The van der Waals surface area contributed by atoms with Gasteiger partial charge in [0.05, 0.1) is 22.6 Å². The van der Waals surface area contributed by atoms with E-state index in [1.54, 1.807) is 0 Å². The molecule has 12 rings (SSSR count). The zero-order chi connectivity index (χ0) is 48.5. The Morgan fingerprint density at radius 2 is 0.912 bits per heavy atom. The first-order chi connectivity index (χ1) is 32.1. The Morgan fingerprint density at radius 3 is 1.62 bits per heavy atom. The topological polar surface area (TPSA) is 38.7 Å². The molecule has 7 aromatic rings. The molecule has 344 valence electrons. The lowest BCUT2D eigenvalue weighted by Gasteiger charge is -2.37.